The molecule has 1 aromatic carbocycles. The smallest absolute Gasteiger partial charge is 0.362 e. The summed E-state index contributed by atoms with van der Waals surface area (Å²) >= 11 is 0. The second-order valence-electron chi connectivity index (χ2n) is 2.26. The normalized spacial score (nSPS) is 10.2. The van der Waals surface area contributed by atoms with Crippen molar-refractivity contribution in [1.82, 2.24) is 0 Å². The van der Waals surface area contributed by atoms with Crippen molar-refractivity contribution in [3.8, 4) is 5.75 Å². The van der Waals surface area contributed by atoms with Crippen molar-refractivity contribution in [3.05, 3.63) is 34.4 Å². The average molecular weight is 258 g/mol. The van der Waals surface area contributed by atoms with E-state index in [9.17, 15) is 18.5 Å². The van der Waals surface area contributed by atoms with Crippen molar-refractivity contribution in [2.24, 2.45) is 0 Å². The zero-order valence-corrected chi connectivity index (χ0v) is 11.6. The first-order valence-electron chi connectivity index (χ1n) is 3.30. The molecular formula is C6H5KNO6S+. The average Bonchev–Trinajstić information content (AvgIpc) is 2.02. The summed E-state index contributed by atoms with van der Waals surface area (Å²) in [5.41, 5.74) is -0.201. The van der Waals surface area contributed by atoms with Crippen molar-refractivity contribution < 1.29 is 73.5 Å². The number of non-ortho nitro benzene ring substituents is 1. The van der Waals surface area contributed by atoms with E-state index in [-0.39, 0.29) is 62.8 Å². The summed E-state index contributed by atoms with van der Waals surface area (Å²) in [6.45, 7) is 0. The molecule has 9 heteroatoms. The molecule has 0 unspecified atom stereocenters. The van der Waals surface area contributed by atoms with Crippen LogP contribution in [0.2, 0.25) is 0 Å². The Morgan fingerprint density at radius 1 is 1.27 bits per heavy atom. The molecular weight excluding hydrogens is 253 g/mol. The molecule has 0 aliphatic rings. The molecule has 0 fully saturated rings. The number of nitro groups is 1. The maximum Gasteiger partial charge on any atom is 1.00 e. The van der Waals surface area contributed by atoms with E-state index in [0.29, 0.717) is 0 Å². The third kappa shape index (κ3) is 5.56. The van der Waals surface area contributed by atoms with E-state index in [1.165, 1.54) is 0 Å². The van der Waals surface area contributed by atoms with Crippen molar-refractivity contribution in [1.29, 1.82) is 0 Å². The summed E-state index contributed by atoms with van der Waals surface area (Å²) in [4.78, 5) is 9.55. The monoisotopic (exact) mass is 258 g/mol. The van der Waals surface area contributed by atoms with E-state index in [4.69, 9.17) is 4.55 Å². The topological polar surface area (TPSA) is 107 Å². The molecule has 0 radical (unpaired) electrons. The van der Waals surface area contributed by atoms with Crippen LogP contribution in [0.5, 0.6) is 5.75 Å². The second kappa shape index (κ2) is 5.89. The molecule has 0 aromatic heterocycles. The zero-order chi connectivity index (χ0) is 10.8. The van der Waals surface area contributed by atoms with Crippen molar-refractivity contribution >= 4 is 16.1 Å². The van der Waals surface area contributed by atoms with Crippen molar-refractivity contribution in [2.75, 3.05) is 0 Å². The van der Waals surface area contributed by atoms with Crippen LogP contribution >= 0.6 is 0 Å². The molecule has 0 saturated heterocycles. The predicted octanol–water partition coefficient (Wildman–Crippen LogP) is -2.22. The van der Waals surface area contributed by atoms with Gasteiger partial charge in [-0.25, -0.2) is 0 Å². The number of nitro benzene ring substituents is 1. The molecule has 1 aromatic rings. The van der Waals surface area contributed by atoms with E-state index in [2.05, 4.69) is 4.18 Å². The Morgan fingerprint density at radius 2 is 1.73 bits per heavy atom. The fourth-order valence-electron chi connectivity index (χ4n) is 0.745. The molecule has 76 valence electrons. The summed E-state index contributed by atoms with van der Waals surface area (Å²) in [7, 11) is -4.58. The van der Waals surface area contributed by atoms with Gasteiger partial charge in [-0.15, -0.1) is 0 Å². The summed E-state index contributed by atoms with van der Waals surface area (Å²) in [5.74, 6) is -0.196. The number of hydrogen-bond donors (Lipinski definition) is 1. The van der Waals surface area contributed by atoms with Gasteiger partial charge >= 0.3 is 61.8 Å². The molecule has 0 heterocycles. The minimum absolute atomic E-state index is 0. The van der Waals surface area contributed by atoms with Gasteiger partial charge in [-0.3, -0.25) is 14.7 Å². The Morgan fingerprint density at radius 3 is 2.07 bits per heavy atom. The molecule has 15 heavy (non-hydrogen) atoms. The van der Waals surface area contributed by atoms with Crippen molar-refractivity contribution in [3.63, 3.8) is 0 Å². The largest absolute Gasteiger partial charge is 1.00 e. The molecule has 0 aliphatic heterocycles. The maximum absolute atomic E-state index is 10.2. The van der Waals surface area contributed by atoms with Crippen LogP contribution in [-0.4, -0.2) is 17.9 Å². The van der Waals surface area contributed by atoms with Gasteiger partial charge in [0.15, 0.2) is 0 Å². The third-order valence-electron chi connectivity index (χ3n) is 1.25. The summed E-state index contributed by atoms with van der Waals surface area (Å²) in [6.07, 6.45) is 0. The van der Waals surface area contributed by atoms with Crippen LogP contribution in [0.25, 0.3) is 0 Å². The zero-order valence-electron chi connectivity index (χ0n) is 7.65. The SMILES string of the molecule is O=[N+]([O-])c1ccc(OS(=O)(=O)O)cc1.[K+]. The van der Waals surface area contributed by atoms with Gasteiger partial charge in [0.2, 0.25) is 0 Å². The second-order valence-corrected chi connectivity index (χ2v) is 3.28. The van der Waals surface area contributed by atoms with Gasteiger partial charge in [-0.05, 0) is 12.1 Å². The van der Waals surface area contributed by atoms with Crippen LogP contribution in [0.15, 0.2) is 24.3 Å². The van der Waals surface area contributed by atoms with E-state index >= 15 is 0 Å². The van der Waals surface area contributed by atoms with Crippen molar-refractivity contribution in [2.45, 2.75) is 0 Å². The summed E-state index contributed by atoms with van der Waals surface area (Å²) in [6, 6.07) is 4.23. The molecule has 1 rings (SSSR count). The van der Waals surface area contributed by atoms with Crippen LogP contribution in [0.1, 0.15) is 0 Å². The van der Waals surface area contributed by atoms with Gasteiger partial charge in [0, 0.05) is 12.1 Å². The maximum atomic E-state index is 10.2. The van der Waals surface area contributed by atoms with Crippen LogP contribution < -0.4 is 55.6 Å². The Labute approximate surface area is 128 Å². The minimum atomic E-state index is -4.58. The first kappa shape index (κ1) is 15.0. The molecule has 0 amide bonds. The van der Waals surface area contributed by atoms with Crippen LogP contribution in [0.3, 0.4) is 0 Å². The third-order valence-corrected chi connectivity index (χ3v) is 1.65. The molecule has 1 N–H and O–H groups in total. The molecule has 0 spiro atoms. The van der Waals surface area contributed by atoms with E-state index in [1.807, 2.05) is 0 Å². The fraction of sp³-hybridized carbons (Fsp3) is 0. The van der Waals surface area contributed by atoms with Crippen LogP contribution in [0, 0.1) is 10.1 Å². The summed E-state index contributed by atoms with van der Waals surface area (Å²) in [5, 5.41) is 10.2. The number of rotatable bonds is 3. The quantitative estimate of drug-likeness (QED) is 0.285. The van der Waals surface area contributed by atoms with Gasteiger partial charge in [-0.1, -0.05) is 0 Å². The Kier molecular flexibility index (Phi) is 5.88. The van der Waals surface area contributed by atoms with Gasteiger partial charge in [0.1, 0.15) is 5.75 Å². The number of nitrogens with zero attached hydrogens (tertiary/aromatic N) is 1. The van der Waals surface area contributed by atoms with E-state index in [1.54, 1.807) is 0 Å². The van der Waals surface area contributed by atoms with Crippen LogP contribution in [0.4, 0.5) is 5.69 Å². The van der Waals surface area contributed by atoms with E-state index < -0.39 is 15.3 Å². The standard InChI is InChI=1S/C6H5NO6S.K/c8-7(9)5-1-3-6(4-2-5)13-14(10,11)12;/h1-4H,(H,10,11,12);/q;+1. The first-order chi connectivity index (χ1) is 6.38. The van der Waals surface area contributed by atoms with Gasteiger partial charge in [0.05, 0.1) is 4.92 Å². The molecule has 0 bridgehead atoms. The first-order valence-corrected chi connectivity index (χ1v) is 4.66. The number of benzene rings is 1. The summed E-state index contributed by atoms with van der Waals surface area (Å²) < 4.78 is 32.7. The predicted molar refractivity (Wildman–Crippen MR) is 45.3 cm³/mol. The van der Waals surface area contributed by atoms with Gasteiger partial charge < -0.3 is 4.18 Å². The Bertz CT molecular complexity index is 441. The van der Waals surface area contributed by atoms with E-state index in [0.717, 1.165) is 24.3 Å². The number of hydrogen-bond acceptors (Lipinski definition) is 5. The molecule has 0 saturated carbocycles. The minimum Gasteiger partial charge on any atom is -0.362 e. The molecule has 0 aliphatic carbocycles. The molecule has 0 atom stereocenters. The van der Waals surface area contributed by atoms with Crippen LogP contribution in [-0.2, 0) is 10.4 Å². The fourth-order valence-corrected chi connectivity index (χ4v) is 1.10. The Hall–Kier alpha value is -0.0336. The van der Waals surface area contributed by atoms with Gasteiger partial charge in [-0.2, -0.15) is 8.42 Å². The van der Waals surface area contributed by atoms with Gasteiger partial charge in [0.25, 0.3) is 5.69 Å². The molecule has 7 nitrogen and oxygen atoms in total. The Balaban J connectivity index is 0.00000196.